The summed E-state index contributed by atoms with van der Waals surface area (Å²) in [6.45, 7) is 4.76. The Morgan fingerprint density at radius 2 is 1.67 bits per heavy atom. The molecule has 0 rings (SSSR count). The molecular formula is C9H20OS2. The van der Waals surface area contributed by atoms with Crippen LogP contribution in [0.25, 0.3) is 0 Å². The molecule has 1 N–H and O–H groups in total. The Morgan fingerprint density at radius 1 is 1.08 bits per heavy atom. The van der Waals surface area contributed by atoms with Crippen LogP contribution in [0.2, 0.25) is 0 Å². The summed E-state index contributed by atoms with van der Waals surface area (Å²) in [5.74, 6) is 2.41. The number of rotatable bonds is 8. The first kappa shape index (κ1) is 12.7. The molecule has 0 aliphatic heterocycles. The van der Waals surface area contributed by atoms with Gasteiger partial charge in [0.1, 0.15) is 0 Å². The molecule has 1 nitrogen and oxygen atoms in total. The van der Waals surface area contributed by atoms with E-state index in [0.717, 1.165) is 11.0 Å². The van der Waals surface area contributed by atoms with Crippen molar-refractivity contribution >= 4 is 23.5 Å². The van der Waals surface area contributed by atoms with Gasteiger partial charge in [-0.2, -0.15) is 0 Å². The third-order valence-electron chi connectivity index (χ3n) is 1.55. The van der Waals surface area contributed by atoms with Crippen molar-refractivity contribution in [3.63, 3.8) is 0 Å². The first-order valence-electron chi connectivity index (χ1n) is 4.69. The zero-order valence-corrected chi connectivity index (χ0v) is 9.72. The van der Waals surface area contributed by atoms with Crippen molar-refractivity contribution in [3.8, 4) is 0 Å². The predicted octanol–water partition coefficient (Wildman–Crippen LogP) is 2.98. The summed E-state index contributed by atoms with van der Waals surface area (Å²) in [7, 11) is 0. The minimum absolute atomic E-state index is 0.348. The summed E-state index contributed by atoms with van der Waals surface area (Å²) in [4.78, 5) is 0. The lowest BCUT2D eigenvalue weighted by Gasteiger charge is -2.13. The molecule has 0 unspecified atom stereocenters. The molecule has 0 aromatic heterocycles. The van der Waals surface area contributed by atoms with Crippen LogP contribution in [0.3, 0.4) is 0 Å². The quantitative estimate of drug-likeness (QED) is 0.489. The third kappa shape index (κ3) is 7.32. The SMILES string of the molecule is CCSC(CCCCO)SCC. The fourth-order valence-electron chi connectivity index (χ4n) is 1.01. The average molecular weight is 208 g/mol. The van der Waals surface area contributed by atoms with Crippen LogP contribution in [0.1, 0.15) is 33.1 Å². The van der Waals surface area contributed by atoms with Crippen molar-refractivity contribution in [1.82, 2.24) is 0 Å². The highest BCUT2D eigenvalue weighted by Gasteiger charge is 2.06. The van der Waals surface area contributed by atoms with E-state index in [0.29, 0.717) is 6.61 Å². The van der Waals surface area contributed by atoms with Gasteiger partial charge in [0.05, 0.1) is 4.58 Å². The number of hydrogen-bond donors (Lipinski definition) is 1. The third-order valence-corrected chi connectivity index (χ3v) is 4.25. The van der Waals surface area contributed by atoms with Crippen LogP contribution in [0.5, 0.6) is 0 Å². The highest BCUT2D eigenvalue weighted by molar-refractivity contribution is 8.16. The maximum atomic E-state index is 8.63. The number of aliphatic hydroxyl groups excluding tert-OH is 1. The summed E-state index contributed by atoms with van der Waals surface area (Å²) < 4.78 is 0.756. The van der Waals surface area contributed by atoms with Gasteiger partial charge in [-0.1, -0.05) is 13.8 Å². The van der Waals surface area contributed by atoms with Crippen LogP contribution in [0.4, 0.5) is 0 Å². The second kappa shape index (κ2) is 9.75. The van der Waals surface area contributed by atoms with Crippen molar-refractivity contribution in [2.75, 3.05) is 18.1 Å². The Morgan fingerprint density at radius 3 is 2.08 bits per heavy atom. The molecule has 0 aromatic carbocycles. The van der Waals surface area contributed by atoms with E-state index in [2.05, 4.69) is 13.8 Å². The van der Waals surface area contributed by atoms with Crippen LogP contribution >= 0.6 is 23.5 Å². The zero-order valence-electron chi connectivity index (χ0n) is 8.08. The van der Waals surface area contributed by atoms with Gasteiger partial charge in [0.2, 0.25) is 0 Å². The lowest BCUT2D eigenvalue weighted by molar-refractivity contribution is 0.284. The summed E-state index contributed by atoms with van der Waals surface area (Å²) in [5.41, 5.74) is 0. The molecule has 0 aliphatic carbocycles. The van der Waals surface area contributed by atoms with Gasteiger partial charge in [0, 0.05) is 6.61 Å². The van der Waals surface area contributed by atoms with Gasteiger partial charge < -0.3 is 5.11 Å². The summed E-state index contributed by atoms with van der Waals surface area (Å²) >= 11 is 4.07. The van der Waals surface area contributed by atoms with E-state index in [-0.39, 0.29) is 0 Å². The molecular weight excluding hydrogens is 188 g/mol. The van der Waals surface area contributed by atoms with E-state index < -0.39 is 0 Å². The van der Waals surface area contributed by atoms with Crippen molar-refractivity contribution in [2.24, 2.45) is 0 Å². The van der Waals surface area contributed by atoms with Gasteiger partial charge >= 0.3 is 0 Å². The first-order valence-corrected chi connectivity index (χ1v) is 6.78. The Bertz CT molecular complexity index is 82.6. The Balaban J connectivity index is 3.34. The topological polar surface area (TPSA) is 20.2 Å². The summed E-state index contributed by atoms with van der Waals surface area (Å²) in [5, 5.41) is 8.63. The minimum atomic E-state index is 0.348. The molecule has 0 saturated carbocycles. The highest BCUT2D eigenvalue weighted by atomic mass is 32.2. The lowest BCUT2D eigenvalue weighted by atomic mass is 10.3. The monoisotopic (exact) mass is 208 g/mol. The summed E-state index contributed by atoms with van der Waals surface area (Å²) in [6, 6.07) is 0. The van der Waals surface area contributed by atoms with Crippen LogP contribution in [-0.2, 0) is 0 Å². The van der Waals surface area contributed by atoms with Crippen molar-refractivity contribution < 1.29 is 5.11 Å². The van der Waals surface area contributed by atoms with Gasteiger partial charge in [-0.15, -0.1) is 23.5 Å². The molecule has 0 amide bonds. The Kier molecular flexibility index (Phi) is 10.3. The van der Waals surface area contributed by atoms with E-state index in [4.69, 9.17) is 5.11 Å². The van der Waals surface area contributed by atoms with Gasteiger partial charge in [-0.05, 0) is 30.8 Å². The molecule has 0 bridgehead atoms. The zero-order chi connectivity index (χ0) is 9.23. The normalized spacial score (nSPS) is 11.0. The maximum absolute atomic E-state index is 8.63. The van der Waals surface area contributed by atoms with Crippen LogP contribution < -0.4 is 0 Å². The van der Waals surface area contributed by atoms with Gasteiger partial charge in [0.15, 0.2) is 0 Å². The second-order valence-corrected chi connectivity index (χ2v) is 5.82. The second-order valence-electron chi connectivity index (χ2n) is 2.56. The van der Waals surface area contributed by atoms with Crippen molar-refractivity contribution in [2.45, 2.75) is 37.7 Å². The molecule has 74 valence electrons. The molecule has 0 spiro atoms. The van der Waals surface area contributed by atoms with E-state index >= 15 is 0 Å². The molecule has 0 saturated heterocycles. The predicted molar refractivity (Wildman–Crippen MR) is 61.0 cm³/mol. The van der Waals surface area contributed by atoms with Crippen LogP contribution in [0, 0.1) is 0 Å². The largest absolute Gasteiger partial charge is 0.396 e. The molecule has 3 heteroatoms. The fourth-order valence-corrected chi connectivity index (χ4v) is 3.62. The Labute approximate surface area is 84.7 Å². The van der Waals surface area contributed by atoms with Crippen LogP contribution in [0.15, 0.2) is 0 Å². The maximum Gasteiger partial charge on any atom is 0.0502 e. The molecule has 0 atom stereocenters. The van der Waals surface area contributed by atoms with Gasteiger partial charge in [-0.25, -0.2) is 0 Å². The average Bonchev–Trinajstić information content (AvgIpc) is 2.06. The molecule has 0 heterocycles. The highest BCUT2D eigenvalue weighted by Crippen LogP contribution is 2.27. The van der Waals surface area contributed by atoms with E-state index in [1.807, 2.05) is 23.5 Å². The number of unbranched alkanes of at least 4 members (excludes halogenated alkanes) is 1. The smallest absolute Gasteiger partial charge is 0.0502 e. The van der Waals surface area contributed by atoms with Crippen molar-refractivity contribution in [3.05, 3.63) is 0 Å². The van der Waals surface area contributed by atoms with Gasteiger partial charge in [-0.3, -0.25) is 0 Å². The Hall–Kier alpha value is 0.660. The number of hydrogen-bond acceptors (Lipinski definition) is 3. The minimum Gasteiger partial charge on any atom is -0.396 e. The van der Waals surface area contributed by atoms with E-state index in [1.54, 1.807) is 0 Å². The molecule has 12 heavy (non-hydrogen) atoms. The standard InChI is InChI=1S/C9H20OS2/c1-3-11-9(12-4-2)7-5-6-8-10/h9-10H,3-8H2,1-2H3. The van der Waals surface area contributed by atoms with Crippen LogP contribution in [-0.4, -0.2) is 27.8 Å². The molecule has 0 aliphatic rings. The van der Waals surface area contributed by atoms with Crippen molar-refractivity contribution in [1.29, 1.82) is 0 Å². The number of thioether (sulfide) groups is 2. The number of aliphatic hydroxyl groups is 1. The summed E-state index contributed by atoms with van der Waals surface area (Å²) in [6.07, 6.45) is 3.38. The lowest BCUT2D eigenvalue weighted by Crippen LogP contribution is -1.99. The molecule has 0 radical (unpaired) electrons. The van der Waals surface area contributed by atoms with Gasteiger partial charge in [0.25, 0.3) is 0 Å². The van der Waals surface area contributed by atoms with E-state index in [1.165, 1.54) is 24.3 Å². The first-order chi connectivity index (χ1) is 5.85. The fraction of sp³-hybridized carbons (Fsp3) is 1.00. The molecule has 0 fully saturated rings. The molecule has 0 aromatic rings. The van der Waals surface area contributed by atoms with E-state index in [9.17, 15) is 0 Å².